The molecule has 0 bridgehead atoms. The average Bonchev–Trinajstić information content (AvgIpc) is 3.07. The lowest BCUT2D eigenvalue weighted by Gasteiger charge is -2.15. The standard InChI is InChI=1S/C15H16F3N3S/c16-15(17,18)13-6-20-14(22-13)9-21-7-11(12(19)8-21)10-4-2-1-3-5-10/h1-6,11-12H,7-9,19H2/t11-,12+/m0/s1. The number of nitrogens with zero attached hydrogens (tertiary/aromatic N) is 2. The fraction of sp³-hybridized carbons (Fsp3) is 0.400. The maximum Gasteiger partial charge on any atom is 0.427 e. The Labute approximate surface area is 130 Å². The highest BCUT2D eigenvalue weighted by Crippen LogP contribution is 2.34. The topological polar surface area (TPSA) is 42.1 Å². The first-order valence-electron chi connectivity index (χ1n) is 6.98. The number of alkyl halides is 3. The van der Waals surface area contributed by atoms with E-state index in [2.05, 4.69) is 9.88 Å². The van der Waals surface area contributed by atoms with Crippen molar-refractivity contribution in [1.82, 2.24) is 9.88 Å². The van der Waals surface area contributed by atoms with Crippen molar-refractivity contribution in [3.63, 3.8) is 0 Å². The molecule has 1 aromatic carbocycles. The summed E-state index contributed by atoms with van der Waals surface area (Å²) in [5.74, 6) is 0.211. The van der Waals surface area contributed by atoms with E-state index in [4.69, 9.17) is 5.73 Å². The van der Waals surface area contributed by atoms with E-state index in [1.165, 1.54) is 5.56 Å². The molecular formula is C15H16F3N3S. The Morgan fingerprint density at radius 2 is 1.95 bits per heavy atom. The van der Waals surface area contributed by atoms with Crippen LogP contribution in [0.1, 0.15) is 21.4 Å². The molecule has 2 aromatic rings. The Balaban J connectivity index is 1.66. The van der Waals surface area contributed by atoms with Crippen molar-refractivity contribution in [2.75, 3.05) is 13.1 Å². The highest BCUT2D eigenvalue weighted by atomic mass is 32.1. The van der Waals surface area contributed by atoms with E-state index in [1.54, 1.807) is 0 Å². The van der Waals surface area contributed by atoms with E-state index in [-0.39, 0.29) is 12.0 Å². The Hall–Kier alpha value is -1.44. The van der Waals surface area contributed by atoms with Crippen LogP contribution >= 0.6 is 11.3 Å². The first kappa shape index (κ1) is 15.5. The largest absolute Gasteiger partial charge is 0.427 e. The van der Waals surface area contributed by atoms with Gasteiger partial charge in [0, 0.05) is 25.0 Å². The molecule has 7 heteroatoms. The Morgan fingerprint density at radius 1 is 1.23 bits per heavy atom. The van der Waals surface area contributed by atoms with Gasteiger partial charge in [0.2, 0.25) is 0 Å². The van der Waals surface area contributed by atoms with Gasteiger partial charge in [-0.25, -0.2) is 4.98 Å². The van der Waals surface area contributed by atoms with Gasteiger partial charge in [0.1, 0.15) is 9.88 Å². The smallest absolute Gasteiger partial charge is 0.326 e. The van der Waals surface area contributed by atoms with Gasteiger partial charge >= 0.3 is 6.18 Å². The predicted molar refractivity (Wildman–Crippen MR) is 79.6 cm³/mol. The SMILES string of the molecule is N[C@@H]1CN(Cc2ncc(C(F)(F)F)s2)C[C@H]1c1ccccc1. The van der Waals surface area contributed by atoms with Crippen molar-refractivity contribution < 1.29 is 13.2 Å². The van der Waals surface area contributed by atoms with Crippen LogP contribution in [-0.4, -0.2) is 29.0 Å². The van der Waals surface area contributed by atoms with Gasteiger partial charge in [-0.1, -0.05) is 30.3 Å². The van der Waals surface area contributed by atoms with Crippen LogP contribution in [0.25, 0.3) is 0 Å². The summed E-state index contributed by atoms with van der Waals surface area (Å²) in [4.78, 5) is 5.31. The minimum absolute atomic E-state index is 0.00977. The summed E-state index contributed by atoms with van der Waals surface area (Å²) in [6, 6.07) is 9.97. The maximum absolute atomic E-state index is 12.6. The third-order valence-corrected chi connectivity index (χ3v) is 4.89. The number of nitrogens with two attached hydrogens (primary N) is 1. The number of hydrogen-bond acceptors (Lipinski definition) is 4. The zero-order chi connectivity index (χ0) is 15.7. The Morgan fingerprint density at radius 3 is 2.59 bits per heavy atom. The van der Waals surface area contributed by atoms with Crippen molar-refractivity contribution in [1.29, 1.82) is 0 Å². The summed E-state index contributed by atoms with van der Waals surface area (Å²) in [5, 5.41) is 0.480. The van der Waals surface area contributed by atoms with E-state index < -0.39 is 11.1 Å². The van der Waals surface area contributed by atoms with Crippen LogP contribution in [0.15, 0.2) is 36.5 Å². The van der Waals surface area contributed by atoms with Crippen LogP contribution in [0, 0.1) is 0 Å². The summed E-state index contributed by atoms with van der Waals surface area (Å²) in [6.07, 6.45) is -3.41. The van der Waals surface area contributed by atoms with Gasteiger partial charge < -0.3 is 5.73 Å². The number of thiazole rings is 1. The lowest BCUT2D eigenvalue weighted by molar-refractivity contribution is -0.134. The summed E-state index contributed by atoms with van der Waals surface area (Å²) >= 11 is 0.706. The molecule has 2 atom stereocenters. The van der Waals surface area contributed by atoms with Gasteiger partial charge in [-0.2, -0.15) is 13.2 Å². The minimum Gasteiger partial charge on any atom is -0.326 e. The van der Waals surface area contributed by atoms with Gasteiger partial charge in [0.15, 0.2) is 0 Å². The lowest BCUT2D eigenvalue weighted by Crippen LogP contribution is -2.28. The molecule has 2 N–H and O–H groups in total. The molecule has 118 valence electrons. The van der Waals surface area contributed by atoms with Gasteiger partial charge in [0.25, 0.3) is 0 Å². The zero-order valence-corrected chi connectivity index (χ0v) is 12.6. The first-order chi connectivity index (χ1) is 10.4. The molecule has 1 aromatic heterocycles. The number of rotatable bonds is 3. The first-order valence-corrected chi connectivity index (χ1v) is 7.80. The maximum atomic E-state index is 12.6. The third-order valence-electron chi connectivity index (χ3n) is 3.86. The highest BCUT2D eigenvalue weighted by Gasteiger charge is 2.35. The molecule has 2 heterocycles. The van der Waals surface area contributed by atoms with Crippen LogP contribution in [0.2, 0.25) is 0 Å². The van der Waals surface area contributed by atoms with E-state index in [0.29, 0.717) is 29.4 Å². The van der Waals surface area contributed by atoms with Crippen molar-refractivity contribution >= 4 is 11.3 Å². The molecule has 0 saturated carbocycles. The highest BCUT2D eigenvalue weighted by molar-refractivity contribution is 7.11. The van der Waals surface area contributed by atoms with E-state index in [0.717, 1.165) is 12.7 Å². The average molecular weight is 327 g/mol. The summed E-state index contributed by atoms with van der Waals surface area (Å²) < 4.78 is 37.8. The van der Waals surface area contributed by atoms with E-state index in [9.17, 15) is 13.2 Å². The van der Waals surface area contributed by atoms with Crippen LogP contribution in [0.5, 0.6) is 0 Å². The number of aromatic nitrogens is 1. The van der Waals surface area contributed by atoms with Gasteiger partial charge in [-0.15, -0.1) is 11.3 Å². The van der Waals surface area contributed by atoms with Crippen molar-refractivity contribution in [3.05, 3.63) is 52.0 Å². The van der Waals surface area contributed by atoms with Crippen LogP contribution in [0.4, 0.5) is 13.2 Å². The Kier molecular flexibility index (Phi) is 4.20. The fourth-order valence-corrected chi connectivity index (χ4v) is 3.63. The summed E-state index contributed by atoms with van der Waals surface area (Å²) in [6.45, 7) is 1.82. The normalized spacial score (nSPS) is 23.1. The minimum atomic E-state index is -4.32. The predicted octanol–water partition coefficient (Wildman–Crippen LogP) is 3.09. The van der Waals surface area contributed by atoms with Crippen molar-refractivity contribution in [3.8, 4) is 0 Å². The monoisotopic (exact) mass is 327 g/mol. The van der Waals surface area contributed by atoms with E-state index >= 15 is 0 Å². The second-order valence-corrected chi connectivity index (χ2v) is 6.61. The molecule has 1 aliphatic heterocycles. The second kappa shape index (κ2) is 5.98. The fourth-order valence-electron chi connectivity index (χ4n) is 2.80. The van der Waals surface area contributed by atoms with Crippen LogP contribution in [-0.2, 0) is 12.7 Å². The second-order valence-electron chi connectivity index (χ2n) is 5.49. The molecular weight excluding hydrogens is 311 g/mol. The molecule has 0 spiro atoms. The quantitative estimate of drug-likeness (QED) is 0.942. The molecule has 3 rings (SSSR count). The zero-order valence-electron chi connectivity index (χ0n) is 11.8. The number of likely N-dealkylation sites (tertiary alicyclic amines) is 1. The van der Waals surface area contributed by atoms with E-state index in [1.807, 2.05) is 30.3 Å². The summed E-state index contributed by atoms with van der Waals surface area (Å²) in [5.41, 5.74) is 7.36. The molecule has 1 aliphatic rings. The van der Waals surface area contributed by atoms with Gasteiger partial charge in [-0.3, -0.25) is 4.90 Å². The molecule has 1 saturated heterocycles. The van der Waals surface area contributed by atoms with Crippen molar-refractivity contribution in [2.45, 2.75) is 24.7 Å². The number of halogens is 3. The lowest BCUT2D eigenvalue weighted by atomic mass is 9.95. The molecule has 0 aliphatic carbocycles. The molecule has 1 fully saturated rings. The molecule has 3 nitrogen and oxygen atoms in total. The third kappa shape index (κ3) is 3.31. The number of hydrogen-bond donors (Lipinski definition) is 1. The molecule has 0 amide bonds. The van der Waals surface area contributed by atoms with Crippen molar-refractivity contribution in [2.24, 2.45) is 5.73 Å². The Bertz CT molecular complexity index is 626. The van der Waals surface area contributed by atoms with Gasteiger partial charge in [0.05, 0.1) is 12.7 Å². The van der Waals surface area contributed by atoms with Crippen LogP contribution in [0.3, 0.4) is 0 Å². The number of benzene rings is 1. The molecule has 22 heavy (non-hydrogen) atoms. The van der Waals surface area contributed by atoms with Crippen LogP contribution < -0.4 is 5.73 Å². The molecule has 0 unspecified atom stereocenters. The van der Waals surface area contributed by atoms with Gasteiger partial charge in [-0.05, 0) is 5.56 Å². The summed E-state index contributed by atoms with van der Waals surface area (Å²) in [7, 11) is 0. The molecule has 0 radical (unpaired) electrons.